The third-order valence-corrected chi connectivity index (χ3v) is 2.95. The lowest BCUT2D eigenvalue weighted by molar-refractivity contribution is -0.139. The van der Waals surface area contributed by atoms with Crippen LogP contribution in [0.2, 0.25) is 0 Å². The third-order valence-electron chi connectivity index (χ3n) is 2.95. The summed E-state index contributed by atoms with van der Waals surface area (Å²) in [6, 6.07) is 4.57. The fraction of sp³-hybridized carbons (Fsp3) is 0.188. The Morgan fingerprint density at radius 1 is 1.35 bits per heavy atom. The Labute approximate surface area is 132 Å². The Balaban J connectivity index is 2.14. The molecule has 7 heteroatoms. The number of carboxylic acids is 1. The molecule has 120 valence electrons. The molecule has 2 aromatic rings. The van der Waals surface area contributed by atoms with E-state index in [0.717, 1.165) is 5.56 Å². The standard InChI is InChI=1S/C16H16N2O5/c1-18-9-11(8-17-18)3-5-13(19)12-4-6-14(15(7-12)22-2)23-10-16(20)21/h3-9H,10H2,1-2H3,(H,20,21)/b5-3+. The normalized spacial score (nSPS) is 10.7. The van der Waals surface area contributed by atoms with Crippen LogP contribution < -0.4 is 9.47 Å². The van der Waals surface area contributed by atoms with Gasteiger partial charge in [0.25, 0.3) is 0 Å². The molecule has 7 nitrogen and oxygen atoms in total. The van der Waals surface area contributed by atoms with Gasteiger partial charge in [0.05, 0.1) is 13.3 Å². The van der Waals surface area contributed by atoms with Crippen LogP contribution in [0, 0.1) is 0 Å². The zero-order valence-corrected chi connectivity index (χ0v) is 12.7. The quantitative estimate of drug-likeness (QED) is 0.618. The Morgan fingerprint density at radius 2 is 2.13 bits per heavy atom. The molecule has 23 heavy (non-hydrogen) atoms. The van der Waals surface area contributed by atoms with Gasteiger partial charge >= 0.3 is 5.97 Å². The Kier molecular flexibility index (Phi) is 5.14. The van der Waals surface area contributed by atoms with E-state index in [4.69, 9.17) is 14.6 Å². The van der Waals surface area contributed by atoms with Crippen LogP contribution in [-0.2, 0) is 11.8 Å². The lowest BCUT2D eigenvalue weighted by Gasteiger charge is -2.09. The highest BCUT2D eigenvalue weighted by atomic mass is 16.5. The number of allylic oxidation sites excluding steroid dienone is 1. The molecule has 0 aliphatic carbocycles. The van der Waals surface area contributed by atoms with Crippen molar-refractivity contribution < 1.29 is 24.2 Å². The average molecular weight is 316 g/mol. The summed E-state index contributed by atoms with van der Waals surface area (Å²) in [6.45, 7) is -0.482. The number of ketones is 1. The van der Waals surface area contributed by atoms with Crippen molar-refractivity contribution in [1.82, 2.24) is 9.78 Å². The molecule has 0 radical (unpaired) electrons. The molecular weight excluding hydrogens is 300 g/mol. The number of benzene rings is 1. The summed E-state index contributed by atoms with van der Waals surface area (Å²) in [5, 5.41) is 12.6. The predicted octanol–water partition coefficient (Wildman–Crippen LogP) is 1.79. The van der Waals surface area contributed by atoms with Crippen LogP contribution in [0.15, 0.2) is 36.7 Å². The molecule has 2 rings (SSSR count). The first-order valence-corrected chi connectivity index (χ1v) is 6.73. The van der Waals surface area contributed by atoms with E-state index in [9.17, 15) is 9.59 Å². The zero-order chi connectivity index (χ0) is 16.8. The van der Waals surface area contributed by atoms with Gasteiger partial charge in [-0.15, -0.1) is 0 Å². The molecule has 1 N–H and O–H groups in total. The highest BCUT2D eigenvalue weighted by Gasteiger charge is 2.10. The average Bonchev–Trinajstić information content (AvgIpc) is 2.95. The molecule has 0 bridgehead atoms. The van der Waals surface area contributed by atoms with Gasteiger partial charge in [0.1, 0.15) is 0 Å². The summed E-state index contributed by atoms with van der Waals surface area (Å²) in [5.74, 6) is -0.738. The fourth-order valence-corrected chi connectivity index (χ4v) is 1.87. The highest BCUT2D eigenvalue weighted by Crippen LogP contribution is 2.28. The minimum Gasteiger partial charge on any atom is -0.493 e. The van der Waals surface area contributed by atoms with Crippen molar-refractivity contribution in [1.29, 1.82) is 0 Å². The van der Waals surface area contributed by atoms with Crippen LogP contribution in [0.5, 0.6) is 11.5 Å². The van der Waals surface area contributed by atoms with Gasteiger partial charge in [0.2, 0.25) is 0 Å². The van der Waals surface area contributed by atoms with Crippen LogP contribution in [0.3, 0.4) is 0 Å². The molecule has 0 amide bonds. The number of aliphatic carboxylic acids is 1. The van der Waals surface area contributed by atoms with Crippen LogP contribution in [-0.4, -0.2) is 40.4 Å². The van der Waals surface area contributed by atoms with Gasteiger partial charge in [-0.2, -0.15) is 5.10 Å². The first-order valence-electron chi connectivity index (χ1n) is 6.73. The van der Waals surface area contributed by atoms with Crippen molar-refractivity contribution in [3.63, 3.8) is 0 Å². The molecule has 0 spiro atoms. The number of nitrogens with zero attached hydrogens (tertiary/aromatic N) is 2. The molecule has 0 saturated carbocycles. The molecule has 0 atom stereocenters. The zero-order valence-electron chi connectivity index (χ0n) is 12.7. The topological polar surface area (TPSA) is 90.6 Å². The fourth-order valence-electron chi connectivity index (χ4n) is 1.87. The van der Waals surface area contributed by atoms with E-state index in [1.54, 1.807) is 36.3 Å². The summed E-state index contributed by atoms with van der Waals surface area (Å²) < 4.78 is 11.9. The molecule has 1 aromatic carbocycles. The smallest absolute Gasteiger partial charge is 0.341 e. The second-order valence-corrected chi connectivity index (χ2v) is 4.69. The van der Waals surface area contributed by atoms with Crippen molar-refractivity contribution in [2.45, 2.75) is 0 Å². The highest BCUT2D eigenvalue weighted by molar-refractivity contribution is 6.07. The first kappa shape index (κ1) is 16.3. The lowest BCUT2D eigenvalue weighted by Crippen LogP contribution is -2.10. The van der Waals surface area contributed by atoms with Crippen LogP contribution in [0.25, 0.3) is 6.08 Å². The van der Waals surface area contributed by atoms with Gasteiger partial charge in [0.15, 0.2) is 23.9 Å². The van der Waals surface area contributed by atoms with E-state index in [-0.39, 0.29) is 11.5 Å². The van der Waals surface area contributed by atoms with Crippen molar-refractivity contribution in [2.24, 2.45) is 7.05 Å². The van der Waals surface area contributed by atoms with E-state index in [2.05, 4.69) is 5.10 Å². The molecule has 0 aliphatic rings. The van der Waals surface area contributed by atoms with E-state index >= 15 is 0 Å². The second-order valence-electron chi connectivity index (χ2n) is 4.69. The summed E-state index contributed by atoms with van der Waals surface area (Å²) in [4.78, 5) is 22.7. The maximum atomic E-state index is 12.2. The number of ether oxygens (including phenoxy) is 2. The van der Waals surface area contributed by atoms with Crippen LogP contribution in [0.4, 0.5) is 0 Å². The van der Waals surface area contributed by atoms with Crippen molar-refractivity contribution in [3.8, 4) is 11.5 Å². The van der Waals surface area contributed by atoms with Crippen molar-refractivity contribution in [2.75, 3.05) is 13.7 Å². The van der Waals surface area contributed by atoms with Gasteiger partial charge in [-0.3, -0.25) is 9.48 Å². The van der Waals surface area contributed by atoms with E-state index in [1.807, 2.05) is 0 Å². The maximum absolute atomic E-state index is 12.2. The Hall–Kier alpha value is -3.09. The number of aromatic nitrogens is 2. The van der Waals surface area contributed by atoms with Gasteiger partial charge in [-0.1, -0.05) is 0 Å². The van der Waals surface area contributed by atoms with Gasteiger partial charge in [0, 0.05) is 24.4 Å². The summed E-state index contributed by atoms with van der Waals surface area (Å²) in [5.41, 5.74) is 1.22. The van der Waals surface area contributed by atoms with Crippen molar-refractivity contribution >= 4 is 17.8 Å². The second kappa shape index (κ2) is 7.26. The minimum atomic E-state index is -1.09. The molecule has 0 fully saturated rings. The number of hydrogen-bond donors (Lipinski definition) is 1. The summed E-state index contributed by atoms with van der Waals surface area (Å²) in [6.07, 6.45) is 6.53. The van der Waals surface area contributed by atoms with Crippen molar-refractivity contribution in [3.05, 3.63) is 47.8 Å². The first-order chi connectivity index (χ1) is 11.0. The number of rotatable bonds is 7. The number of carbonyl (C=O) groups is 2. The number of aryl methyl sites for hydroxylation is 1. The summed E-state index contributed by atoms with van der Waals surface area (Å²) >= 11 is 0. The predicted molar refractivity (Wildman–Crippen MR) is 82.7 cm³/mol. The lowest BCUT2D eigenvalue weighted by atomic mass is 10.1. The van der Waals surface area contributed by atoms with Crippen LogP contribution >= 0.6 is 0 Å². The molecule has 1 aromatic heterocycles. The Morgan fingerprint density at radius 3 is 2.74 bits per heavy atom. The number of methoxy groups -OCH3 is 1. The van der Waals surface area contributed by atoms with Crippen LogP contribution in [0.1, 0.15) is 15.9 Å². The van der Waals surface area contributed by atoms with E-state index < -0.39 is 12.6 Å². The molecule has 0 aliphatic heterocycles. The monoisotopic (exact) mass is 316 g/mol. The van der Waals surface area contributed by atoms with Gasteiger partial charge < -0.3 is 14.6 Å². The van der Waals surface area contributed by atoms with Gasteiger partial charge in [-0.25, -0.2) is 4.79 Å². The van der Waals surface area contributed by atoms with E-state index in [0.29, 0.717) is 11.3 Å². The molecule has 1 heterocycles. The number of hydrogen-bond acceptors (Lipinski definition) is 5. The maximum Gasteiger partial charge on any atom is 0.341 e. The molecule has 0 saturated heterocycles. The molecule has 0 unspecified atom stereocenters. The SMILES string of the molecule is COc1cc(C(=O)/C=C/c2cnn(C)c2)ccc1OCC(=O)O. The largest absolute Gasteiger partial charge is 0.493 e. The number of carbonyl (C=O) groups excluding carboxylic acids is 1. The summed E-state index contributed by atoms with van der Waals surface area (Å²) in [7, 11) is 3.21. The minimum absolute atomic E-state index is 0.211. The number of carboxylic acid groups (broad SMARTS) is 1. The molecular formula is C16H16N2O5. The van der Waals surface area contributed by atoms with Gasteiger partial charge in [-0.05, 0) is 30.4 Å². The van der Waals surface area contributed by atoms with E-state index in [1.165, 1.54) is 25.3 Å². The Bertz CT molecular complexity index is 749. The third kappa shape index (κ3) is 4.44.